The minimum atomic E-state index is -0.628. The van der Waals surface area contributed by atoms with E-state index in [1.54, 1.807) is 29.2 Å². The number of aryl methyl sites for hydroxylation is 1. The number of amides is 1. The standard InChI is InChI=1S/C24H28N2O3/c1-4-25(5-2)15-16-26-21(18-13-11-17(3)12-14-18)20(23(28)24(26)29)22(27)19-9-7-6-8-10-19/h6-14,21,27H,4-5,15-16H2,1-3H3/t21-/m1/s1. The molecule has 1 N–H and O–H groups in total. The Kier molecular flexibility index (Phi) is 6.49. The molecule has 0 aromatic heterocycles. The Bertz CT molecular complexity index is 899. The Hall–Kier alpha value is -2.92. The lowest BCUT2D eigenvalue weighted by Crippen LogP contribution is -2.38. The van der Waals surface area contributed by atoms with Crippen molar-refractivity contribution >= 4 is 17.4 Å². The van der Waals surface area contributed by atoms with E-state index in [1.165, 1.54) is 0 Å². The van der Waals surface area contributed by atoms with Crippen molar-refractivity contribution in [2.45, 2.75) is 26.8 Å². The fourth-order valence-corrected chi connectivity index (χ4v) is 3.75. The predicted molar refractivity (Wildman–Crippen MR) is 114 cm³/mol. The van der Waals surface area contributed by atoms with Crippen molar-refractivity contribution in [2.75, 3.05) is 26.2 Å². The van der Waals surface area contributed by atoms with E-state index >= 15 is 0 Å². The third kappa shape index (κ3) is 4.25. The normalized spacial score (nSPS) is 18.6. The largest absolute Gasteiger partial charge is 0.507 e. The number of hydrogen-bond acceptors (Lipinski definition) is 4. The van der Waals surface area contributed by atoms with Crippen LogP contribution in [0.3, 0.4) is 0 Å². The number of rotatable bonds is 7. The second kappa shape index (κ2) is 9.05. The molecule has 0 unspecified atom stereocenters. The Morgan fingerprint density at radius 2 is 1.62 bits per heavy atom. The van der Waals surface area contributed by atoms with E-state index in [4.69, 9.17) is 0 Å². The summed E-state index contributed by atoms with van der Waals surface area (Å²) in [6, 6.07) is 16.1. The van der Waals surface area contributed by atoms with Crippen LogP contribution in [-0.4, -0.2) is 52.8 Å². The molecule has 29 heavy (non-hydrogen) atoms. The number of carbonyl (C=O) groups excluding carboxylic acids is 2. The first-order valence-electron chi connectivity index (χ1n) is 10.1. The molecule has 1 aliphatic heterocycles. The average Bonchev–Trinajstić information content (AvgIpc) is 3.00. The van der Waals surface area contributed by atoms with Crippen molar-refractivity contribution in [1.29, 1.82) is 0 Å². The molecule has 2 aromatic rings. The van der Waals surface area contributed by atoms with E-state index in [0.29, 0.717) is 18.7 Å². The van der Waals surface area contributed by atoms with Crippen LogP contribution < -0.4 is 0 Å². The lowest BCUT2D eigenvalue weighted by molar-refractivity contribution is -0.140. The van der Waals surface area contributed by atoms with Crippen molar-refractivity contribution < 1.29 is 14.7 Å². The summed E-state index contributed by atoms with van der Waals surface area (Å²) < 4.78 is 0. The molecule has 0 bridgehead atoms. The van der Waals surface area contributed by atoms with Crippen LogP contribution in [0.4, 0.5) is 0 Å². The molecule has 1 atom stereocenters. The van der Waals surface area contributed by atoms with E-state index in [2.05, 4.69) is 18.7 Å². The zero-order chi connectivity index (χ0) is 21.0. The van der Waals surface area contributed by atoms with Gasteiger partial charge < -0.3 is 14.9 Å². The summed E-state index contributed by atoms with van der Waals surface area (Å²) in [7, 11) is 0. The van der Waals surface area contributed by atoms with Gasteiger partial charge in [0.05, 0.1) is 11.6 Å². The number of carbonyl (C=O) groups is 2. The number of ketones is 1. The highest BCUT2D eigenvalue weighted by molar-refractivity contribution is 6.46. The highest BCUT2D eigenvalue weighted by Gasteiger charge is 2.45. The zero-order valence-corrected chi connectivity index (χ0v) is 17.3. The SMILES string of the molecule is CCN(CC)CCN1C(=O)C(=O)C(=C(O)c2ccccc2)[C@H]1c1ccc(C)cc1. The van der Waals surface area contributed by atoms with E-state index in [0.717, 1.165) is 24.2 Å². The van der Waals surface area contributed by atoms with E-state index < -0.39 is 17.7 Å². The number of Topliss-reactive ketones (excluding diaryl/α,β-unsaturated/α-hetero) is 1. The molecule has 0 spiro atoms. The summed E-state index contributed by atoms with van der Waals surface area (Å²) in [6.45, 7) is 8.99. The summed E-state index contributed by atoms with van der Waals surface area (Å²) in [5.41, 5.74) is 2.61. The molecule has 0 aliphatic carbocycles. The Labute approximate surface area is 172 Å². The van der Waals surface area contributed by atoms with Gasteiger partial charge in [-0.05, 0) is 25.6 Å². The van der Waals surface area contributed by atoms with Gasteiger partial charge in [-0.25, -0.2) is 0 Å². The van der Waals surface area contributed by atoms with E-state index in [-0.39, 0.29) is 11.3 Å². The fourth-order valence-electron chi connectivity index (χ4n) is 3.75. The zero-order valence-electron chi connectivity index (χ0n) is 17.3. The maximum atomic E-state index is 12.9. The predicted octanol–water partition coefficient (Wildman–Crippen LogP) is 3.76. The summed E-state index contributed by atoms with van der Waals surface area (Å²) in [5.74, 6) is -1.31. The van der Waals surface area contributed by atoms with Gasteiger partial charge in [-0.2, -0.15) is 0 Å². The summed E-state index contributed by atoms with van der Waals surface area (Å²) in [4.78, 5) is 29.7. The first-order chi connectivity index (χ1) is 14.0. The van der Waals surface area contributed by atoms with Crippen LogP contribution in [0.15, 0.2) is 60.2 Å². The van der Waals surface area contributed by atoms with Gasteiger partial charge in [0.15, 0.2) is 0 Å². The lowest BCUT2D eigenvalue weighted by Gasteiger charge is -2.28. The Morgan fingerprint density at radius 3 is 2.21 bits per heavy atom. The van der Waals surface area contributed by atoms with Gasteiger partial charge in [0, 0.05) is 18.7 Å². The number of likely N-dealkylation sites (tertiary alicyclic amines) is 1. The molecule has 152 valence electrons. The third-order valence-corrected chi connectivity index (χ3v) is 5.53. The molecule has 0 saturated carbocycles. The van der Waals surface area contributed by atoms with Crippen LogP contribution in [0, 0.1) is 6.92 Å². The van der Waals surface area contributed by atoms with Crippen LogP contribution in [0.2, 0.25) is 0 Å². The maximum Gasteiger partial charge on any atom is 0.295 e. The molecular weight excluding hydrogens is 364 g/mol. The molecule has 0 radical (unpaired) electrons. The molecule has 1 heterocycles. The van der Waals surface area contributed by atoms with Crippen LogP contribution in [0.1, 0.15) is 36.6 Å². The molecule has 1 fully saturated rings. The van der Waals surface area contributed by atoms with Gasteiger partial charge in [-0.3, -0.25) is 9.59 Å². The van der Waals surface area contributed by atoms with Crippen molar-refractivity contribution in [3.63, 3.8) is 0 Å². The van der Waals surface area contributed by atoms with E-state index in [1.807, 2.05) is 37.3 Å². The highest BCUT2D eigenvalue weighted by Crippen LogP contribution is 2.39. The number of nitrogens with zero attached hydrogens (tertiary/aromatic N) is 2. The second-order valence-electron chi connectivity index (χ2n) is 7.30. The van der Waals surface area contributed by atoms with Crippen LogP contribution in [-0.2, 0) is 9.59 Å². The van der Waals surface area contributed by atoms with Gasteiger partial charge in [0.25, 0.3) is 11.7 Å². The quantitative estimate of drug-likeness (QED) is 0.443. The average molecular weight is 392 g/mol. The first kappa shape index (κ1) is 20.8. The molecule has 1 amide bonds. The number of likely N-dealkylation sites (N-methyl/N-ethyl adjacent to an activating group) is 1. The smallest absolute Gasteiger partial charge is 0.295 e. The molecule has 2 aromatic carbocycles. The van der Waals surface area contributed by atoms with Crippen molar-refractivity contribution in [1.82, 2.24) is 9.80 Å². The molecule has 3 rings (SSSR count). The van der Waals surface area contributed by atoms with Crippen LogP contribution in [0.25, 0.3) is 5.76 Å². The topological polar surface area (TPSA) is 60.9 Å². The number of aliphatic hydroxyl groups is 1. The van der Waals surface area contributed by atoms with Crippen molar-refractivity contribution in [3.05, 3.63) is 76.9 Å². The summed E-state index contributed by atoms with van der Waals surface area (Å²) in [6.07, 6.45) is 0. The van der Waals surface area contributed by atoms with Gasteiger partial charge >= 0.3 is 0 Å². The molecular formula is C24H28N2O3. The number of hydrogen-bond donors (Lipinski definition) is 1. The highest BCUT2D eigenvalue weighted by atomic mass is 16.3. The summed E-state index contributed by atoms with van der Waals surface area (Å²) >= 11 is 0. The summed E-state index contributed by atoms with van der Waals surface area (Å²) in [5, 5.41) is 11.0. The van der Waals surface area contributed by atoms with Crippen molar-refractivity contribution in [2.24, 2.45) is 0 Å². The number of benzene rings is 2. The maximum absolute atomic E-state index is 12.9. The van der Waals surface area contributed by atoms with Crippen molar-refractivity contribution in [3.8, 4) is 0 Å². The Balaban J connectivity index is 2.07. The van der Waals surface area contributed by atoms with Crippen LogP contribution >= 0.6 is 0 Å². The van der Waals surface area contributed by atoms with Gasteiger partial charge in [-0.15, -0.1) is 0 Å². The van der Waals surface area contributed by atoms with Gasteiger partial charge in [-0.1, -0.05) is 74.0 Å². The minimum absolute atomic E-state index is 0.125. The van der Waals surface area contributed by atoms with Gasteiger partial charge in [0.1, 0.15) is 5.76 Å². The molecule has 5 nitrogen and oxygen atoms in total. The first-order valence-corrected chi connectivity index (χ1v) is 10.1. The van der Waals surface area contributed by atoms with Gasteiger partial charge in [0.2, 0.25) is 0 Å². The molecule has 5 heteroatoms. The minimum Gasteiger partial charge on any atom is -0.507 e. The van der Waals surface area contributed by atoms with E-state index in [9.17, 15) is 14.7 Å². The molecule has 1 aliphatic rings. The second-order valence-corrected chi connectivity index (χ2v) is 7.30. The molecule has 1 saturated heterocycles. The fraction of sp³-hybridized carbons (Fsp3) is 0.333. The number of aliphatic hydroxyl groups excluding tert-OH is 1. The lowest BCUT2D eigenvalue weighted by atomic mass is 9.95. The Morgan fingerprint density at radius 1 is 1.00 bits per heavy atom. The van der Waals surface area contributed by atoms with Crippen LogP contribution in [0.5, 0.6) is 0 Å². The monoisotopic (exact) mass is 392 g/mol. The third-order valence-electron chi connectivity index (χ3n) is 5.53.